The number of carbonyl (C=O) groups excluding carboxylic acids is 1. The second-order valence-electron chi connectivity index (χ2n) is 3.93. The molecular weight excluding hydrogens is 204 g/mol. The van der Waals surface area contributed by atoms with E-state index in [0.29, 0.717) is 12.2 Å². The third-order valence-electron chi connectivity index (χ3n) is 2.60. The lowest BCUT2D eigenvalue weighted by atomic mass is 9.97. The van der Waals surface area contributed by atoms with E-state index < -0.39 is 0 Å². The molecule has 90 valence electrons. The molecule has 5 heteroatoms. The summed E-state index contributed by atoms with van der Waals surface area (Å²) >= 11 is 0. The summed E-state index contributed by atoms with van der Waals surface area (Å²) in [6.45, 7) is 5.22. The average Bonchev–Trinajstić information content (AvgIpc) is 2.73. The van der Waals surface area contributed by atoms with E-state index in [1.807, 2.05) is 6.92 Å². The van der Waals surface area contributed by atoms with Crippen LogP contribution in [-0.4, -0.2) is 27.3 Å². The van der Waals surface area contributed by atoms with Crippen molar-refractivity contribution < 1.29 is 4.79 Å². The Hall–Kier alpha value is -1.23. The Morgan fingerprint density at radius 1 is 1.50 bits per heavy atom. The highest BCUT2D eigenvalue weighted by atomic mass is 16.1. The van der Waals surface area contributed by atoms with Crippen LogP contribution < -0.4 is 5.73 Å². The van der Waals surface area contributed by atoms with Crippen molar-refractivity contribution in [2.24, 2.45) is 11.7 Å². The fourth-order valence-corrected chi connectivity index (χ4v) is 1.74. The molecule has 16 heavy (non-hydrogen) atoms. The van der Waals surface area contributed by atoms with E-state index in [2.05, 4.69) is 17.2 Å². The third kappa shape index (κ3) is 2.88. The van der Waals surface area contributed by atoms with Crippen molar-refractivity contribution in [2.75, 3.05) is 6.54 Å². The third-order valence-corrected chi connectivity index (χ3v) is 2.60. The maximum atomic E-state index is 12.1. The monoisotopic (exact) mass is 224 g/mol. The summed E-state index contributed by atoms with van der Waals surface area (Å²) in [5.74, 6) is -0.0260. The predicted octanol–water partition coefficient (Wildman–Crippen LogP) is 1.25. The first-order valence-electron chi connectivity index (χ1n) is 5.87. The van der Waals surface area contributed by atoms with Crippen LogP contribution >= 0.6 is 0 Å². The standard InChI is InChI=1S/C11H20N4O/c1-3-5-9(7-12)11(16)10-8-13-14-15(10)6-4-2/h8-9H,3-7,12H2,1-2H3. The lowest BCUT2D eigenvalue weighted by Crippen LogP contribution is -2.26. The van der Waals surface area contributed by atoms with Gasteiger partial charge in [0.2, 0.25) is 0 Å². The number of carbonyl (C=O) groups is 1. The van der Waals surface area contributed by atoms with Gasteiger partial charge in [-0.2, -0.15) is 0 Å². The van der Waals surface area contributed by atoms with Gasteiger partial charge in [0.1, 0.15) is 5.69 Å². The maximum Gasteiger partial charge on any atom is 0.186 e. The van der Waals surface area contributed by atoms with Gasteiger partial charge in [-0.25, -0.2) is 4.68 Å². The fraction of sp³-hybridized carbons (Fsp3) is 0.727. The normalized spacial score (nSPS) is 12.7. The van der Waals surface area contributed by atoms with Gasteiger partial charge >= 0.3 is 0 Å². The van der Waals surface area contributed by atoms with Gasteiger partial charge in [-0.05, 0) is 12.8 Å². The Morgan fingerprint density at radius 3 is 2.81 bits per heavy atom. The zero-order valence-corrected chi connectivity index (χ0v) is 10.0. The number of nitrogens with zero attached hydrogens (tertiary/aromatic N) is 3. The molecule has 5 nitrogen and oxygen atoms in total. The Labute approximate surface area is 96.0 Å². The quantitative estimate of drug-likeness (QED) is 0.707. The van der Waals surface area contributed by atoms with Gasteiger partial charge in [0, 0.05) is 19.0 Å². The number of aromatic nitrogens is 3. The Kier molecular flexibility index (Phi) is 5.11. The summed E-state index contributed by atoms with van der Waals surface area (Å²) in [6, 6.07) is 0. The Bertz CT molecular complexity index is 334. The van der Waals surface area contributed by atoms with Gasteiger partial charge < -0.3 is 5.73 Å². The van der Waals surface area contributed by atoms with E-state index >= 15 is 0 Å². The molecule has 1 heterocycles. The van der Waals surface area contributed by atoms with Crippen LogP contribution in [0.15, 0.2) is 6.20 Å². The molecule has 0 spiro atoms. The molecule has 0 aliphatic carbocycles. The molecule has 0 bridgehead atoms. The molecule has 0 aliphatic heterocycles. The van der Waals surface area contributed by atoms with Gasteiger partial charge in [-0.1, -0.05) is 25.5 Å². The second kappa shape index (κ2) is 6.37. The molecule has 1 atom stereocenters. The summed E-state index contributed by atoms with van der Waals surface area (Å²) < 4.78 is 1.67. The molecule has 0 amide bonds. The van der Waals surface area contributed by atoms with Crippen LogP contribution in [0.5, 0.6) is 0 Å². The van der Waals surface area contributed by atoms with E-state index in [9.17, 15) is 4.79 Å². The van der Waals surface area contributed by atoms with Crippen LogP contribution in [0.3, 0.4) is 0 Å². The molecule has 1 aromatic rings. The van der Waals surface area contributed by atoms with Gasteiger partial charge in [-0.15, -0.1) is 5.10 Å². The van der Waals surface area contributed by atoms with E-state index in [1.54, 1.807) is 4.68 Å². The van der Waals surface area contributed by atoms with E-state index in [0.717, 1.165) is 25.8 Å². The van der Waals surface area contributed by atoms with Crippen LogP contribution in [0.1, 0.15) is 43.6 Å². The molecule has 2 N–H and O–H groups in total. The largest absolute Gasteiger partial charge is 0.330 e. The van der Waals surface area contributed by atoms with Crippen molar-refractivity contribution in [1.82, 2.24) is 15.0 Å². The first-order valence-corrected chi connectivity index (χ1v) is 5.87. The number of Topliss-reactive ketones (excluding diaryl/α,β-unsaturated/α-hetero) is 1. The lowest BCUT2D eigenvalue weighted by Gasteiger charge is -2.12. The number of nitrogens with two attached hydrogens (primary N) is 1. The first kappa shape index (κ1) is 12.8. The minimum absolute atomic E-state index is 0.0720. The first-order chi connectivity index (χ1) is 7.74. The molecule has 1 rings (SSSR count). The van der Waals surface area contributed by atoms with Crippen LogP contribution in [0.4, 0.5) is 0 Å². The van der Waals surface area contributed by atoms with E-state index in [1.165, 1.54) is 6.20 Å². The van der Waals surface area contributed by atoms with Crippen molar-refractivity contribution in [3.05, 3.63) is 11.9 Å². The zero-order valence-electron chi connectivity index (χ0n) is 10.0. The summed E-state index contributed by atoms with van der Waals surface area (Å²) in [6.07, 6.45) is 4.26. The number of aryl methyl sites for hydroxylation is 1. The maximum absolute atomic E-state index is 12.1. The molecule has 0 radical (unpaired) electrons. The highest BCUT2D eigenvalue weighted by Gasteiger charge is 2.21. The number of ketones is 1. The molecule has 0 fully saturated rings. The second-order valence-corrected chi connectivity index (χ2v) is 3.93. The fourth-order valence-electron chi connectivity index (χ4n) is 1.74. The van der Waals surface area contributed by atoms with Crippen LogP contribution in [0.2, 0.25) is 0 Å². The average molecular weight is 224 g/mol. The Balaban J connectivity index is 2.81. The number of hydrogen-bond acceptors (Lipinski definition) is 4. The smallest absolute Gasteiger partial charge is 0.186 e. The van der Waals surface area contributed by atoms with Gasteiger partial charge in [0.05, 0.1) is 6.20 Å². The van der Waals surface area contributed by atoms with Gasteiger partial charge in [0.15, 0.2) is 5.78 Å². The molecule has 0 saturated carbocycles. The predicted molar refractivity (Wildman–Crippen MR) is 62.1 cm³/mol. The highest BCUT2D eigenvalue weighted by molar-refractivity contribution is 5.96. The molecule has 0 aromatic carbocycles. The molecular formula is C11H20N4O. The summed E-state index contributed by atoms with van der Waals surface area (Å²) in [5.41, 5.74) is 6.21. The van der Waals surface area contributed by atoms with Crippen molar-refractivity contribution >= 4 is 5.78 Å². The molecule has 1 aromatic heterocycles. The van der Waals surface area contributed by atoms with Crippen LogP contribution in [0, 0.1) is 5.92 Å². The van der Waals surface area contributed by atoms with Crippen molar-refractivity contribution in [1.29, 1.82) is 0 Å². The summed E-state index contributed by atoms with van der Waals surface area (Å²) in [7, 11) is 0. The minimum Gasteiger partial charge on any atom is -0.330 e. The van der Waals surface area contributed by atoms with E-state index in [4.69, 9.17) is 5.73 Å². The number of rotatable bonds is 7. The minimum atomic E-state index is -0.0980. The number of hydrogen-bond donors (Lipinski definition) is 1. The van der Waals surface area contributed by atoms with Crippen LogP contribution in [-0.2, 0) is 6.54 Å². The molecule has 0 saturated heterocycles. The van der Waals surface area contributed by atoms with Crippen molar-refractivity contribution in [3.8, 4) is 0 Å². The SMILES string of the molecule is CCCC(CN)C(=O)c1cnnn1CCC. The summed E-state index contributed by atoms with van der Waals surface area (Å²) in [4.78, 5) is 12.1. The topological polar surface area (TPSA) is 73.8 Å². The van der Waals surface area contributed by atoms with E-state index in [-0.39, 0.29) is 11.7 Å². The van der Waals surface area contributed by atoms with Gasteiger partial charge in [0.25, 0.3) is 0 Å². The highest BCUT2D eigenvalue weighted by Crippen LogP contribution is 2.12. The van der Waals surface area contributed by atoms with Crippen molar-refractivity contribution in [3.63, 3.8) is 0 Å². The molecule has 1 unspecified atom stereocenters. The zero-order chi connectivity index (χ0) is 12.0. The lowest BCUT2D eigenvalue weighted by molar-refractivity contribution is 0.0906. The van der Waals surface area contributed by atoms with Gasteiger partial charge in [-0.3, -0.25) is 4.79 Å². The van der Waals surface area contributed by atoms with Crippen molar-refractivity contribution in [2.45, 2.75) is 39.7 Å². The van der Waals surface area contributed by atoms with Crippen LogP contribution in [0.25, 0.3) is 0 Å². The summed E-state index contributed by atoms with van der Waals surface area (Å²) in [5, 5.41) is 7.70. The Morgan fingerprint density at radius 2 is 2.25 bits per heavy atom. The molecule has 0 aliphatic rings.